The summed E-state index contributed by atoms with van der Waals surface area (Å²) in [5.74, 6) is 0. The number of benzene rings is 1. The van der Waals surface area contributed by atoms with Gasteiger partial charge in [0.1, 0.15) is 0 Å². The maximum atomic E-state index is 10.4. The second-order valence-corrected chi connectivity index (χ2v) is 5.57. The van der Waals surface area contributed by atoms with Crippen LogP contribution < -0.4 is 5.73 Å². The third kappa shape index (κ3) is 3.95. The summed E-state index contributed by atoms with van der Waals surface area (Å²) in [7, 11) is 0. The van der Waals surface area contributed by atoms with Crippen molar-refractivity contribution in [2.45, 2.75) is 51.2 Å². The number of hydrogen-bond donors (Lipinski definition) is 2. The Balaban J connectivity index is 1.97. The Morgan fingerprint density at radius 3 is 2.68 bits per heavy atom. The van der Waals surface area contributed by atoms with Crippen LogP contribution in [0.4, 0.5) is 5.69 Å². The van der Waals surface area contributed by atoms with E-state index in [1.54, 1.807) is 0 Å². The van der Waals surface area contributed by atoms with Crippen molar-refractivity contribution in [1.29, 1.82) is 0 Å². The molecule has 2 rings (SSSR count). The minimum absolute atomic E-state index is 0.439. The quantitative estimate of drug-likeness (QED) is 0.802. The molecule has 1 unspecified atom stereocenters. The van der Waals surface area contributed by atoms with Crippen LogP contribution in [0.2, 0.25) is 0 Å². The van der Waals surface area contributed by atoms with Crippen LogP contribution >= 0.6 is 0 Å². The zero-order valence-electron chi connectivity index (χ0n) is 11.9. The van der Waals surface area contributed by atoms with E-state index in [0.717, 1.165) is 17.8 Å². The van der Waals surface area contributed by atoms with Gasteiger partial charge in [-0.15, -0.1) is 0 Å². The van der Waals surface area contributed by atoms with Crippen molar-refractivity contribution in [3.8, 4) is 0 Å². The lowest BCUT2D eigenvalue weighted by Crippen LogP contribution is -2.39. The van der Waals surface area contributed by atoms with Gasteiger partial charge >= 0.3 is 0 Å². The molecule has 1 fully saturated rings. The van der Waals surface area contributed by atoms with Crippen LogP contribution in [0.25, 0.3) is 0 Å². The zero-order valence-corrected chi connectivity index (χ0v) is 11.9. The maximum absolute atomic E-state index is 10.4. The van der Waals surface area contributed by atoms with Crippen molar-refractivity contribution < 1.29 is 5.11 Å². The third-order valence-electron chi connectivity index (χ3n) is 4.20. The first-order valence-corrected chi connectivity index (χ1v) is 7.48. The van der Waals surface area contributed by atoms with Crippen molar-refractivity contribution in [3.63, 3.8) is 0 Å². The summed E-state index contributed by atoms with van der Waals surface area (Å²) < 4.78 is 0. The Hall–Kier alpha value is -1.06. The molecular weight excluding hydrogens is 236 g/mol. The van der Waals surface area contributed by atoms with E-state index in [1.165, 1.54) is 32.1 Å². The van der Waals surface area contributed by atoms with Crippen LogP contribution in [-0.4, -0.2) is 29.1 Å². The van der Waals surface area contributed by atoms with Crippen LogP contribution in [0.3, 0.4) is 0 Å². The molecule has 0 amide bonds. The molecule has 0 saturated heterocycles. The molecule has 0 aliphatic heterocycles. The first-order chi connectivity index (χ1) is 9.20. The Labute approximate surface area is 116 Å². The molecule has 1 aromatic carbocycles. The molecule has 0 aromatic heterocycles. The minimum atomic E-state index is -0.439. The Bertz CT molecular complexity index is 388. The zero-order chi connectivity index (χ0) is 13.7. The molecule has 1 saturated carbocycles. The van der Waals surface area contributed by atoms with Crippen molar-refractivity contribution in [2.75, 3.05) is 18.8 Å². The number of nitrogen functional groups attached to an aromatic ring is 1. The number of aliphatic hydroxyl groups excluding tert-OH is 1. The van der Waals surface area contributed by atoms with Crippen LogP contribution in [0.5, 0.6) is 0 Å². The Kier molecular flexibility index (Phi) is 5.23. The van der Waals surface area contributed by atoms with Gasteiger partial charge < -0.3 is 10.8 Å². The van der Waals surface area contributed by atoms with Crippen molar-refractivity contribution in [3.05, 3.63) is 29.8 Å². The number of rotatable bonds is 5. The summed E-state index contributed by atoms with van der Waals surface area (Å²) in [5, 5.41) is 10.4. The highest BCUT2D eigenvalue weighted by Gasteiger charge is 2.22. The highest BCUT2D eigenvalue weighted by Crippen LogP contribution is 2.25. The fourth-order valence-corrected chi connectivity index (χ4v) is 3.08. The standard InChI is InChI=1S/C16H26N2O/c1-2-18(15-9-4-3-5-10-15)12-16(19)13-7-6-8-14(17)11-13/h6-8,11,15-16,19H,2-5,9-10,12,17H2,1H3. The summed E-state index contributed by atoms with van der Waals surface area (Å²) in [4.78, 5) is 2.42. The Morgan fingerprint density at radius 2 is 2.05 bits per heavy atom. The predicted molar refractivity (Wildman–Crippen MR) is 79.9 cm³/mol. The first kappa shape index (κ1) is 14.4. The molecule has 1 aliphatic rings. The number of hydrogen-bond acceptors (Lipinski definition) is 3. The van der Waals surface area contributed by atoms with Gasteiger partial charge in [-0.05, 0) is 37.1 Å². The highest BCUT2D eigenvalue weighted by molar-refractivity contribution is 5.41. The first-order valence-electron chi connectivity index (χ1n) is 7.48. The summed E-state index contributed by atoms with van der Waals surface area (Å²) >= 11 is 0. The number of nitrogens with zero attached hydrogens (tertiary/aromatic N) is 1. The van der Waals surface area contributed by atoms with Crippen molar-refractivity contribution >= 4 is 5.69 Å². The largest absolute Gasteiger partial charge is 0.399 e. The van der Waals surface area contributed by atoms with Gasteiger partial charge in [0.2, 0.25) is 0 Å². The van der Waals surface area contributed by atoms with Crippen LogP contribution in [0.15, 0.2) is 24.3 Å². The molecule has 3 heteroatoms. The van der Waals surface area contributed by atoms with E-state index in [2.05, 4.69) is 11.8 Å². The molecule has 0 heterocycles. The summed E-state index contributed by atoms with van der Waals surface area (Å²) in [6.45, 7) is 3.90. The number of likely N-dealkylation sites (N-methyl/N-ethyl adjacent to an activating group) is 1. The van der Waals surface area contributed by atoms with Gasteiger partial charge in [0, 0.05) is 18.3 Å². The molecule has 0 bridgehead atoms. The smallest absolute Gasteiger partial charge is 0.0917 e. The molecule has 3 N–H and O–H groups in total. The molecule has 1 aliphatic carbocycles. The molecule has 1 aromatic rings. The average molecular weight is 262 g/mol. The van der Waals surface area contributed by atoms with Crippen molar-refractivity contribution in [2.24, 2.45) is 0 Å². The molecule has 3 nitrogen and oxygen atoms in total. The predicted octanol–water partition coefficient (Wildman–Crippen LogP) is 2.96. The summed E-state index contributed by atoms with van der Waals surface area (Å²) in [6.07, 6.45) is 6.14. The maximum Gasteiger partial charge on any atom is 0.0917 e. The minimum Gasteiger partial charge on any atom is -0.399 e. The number of nitrogens with two attached hydrogens (primary N) is 1. The molecule has 0 radical (unpaired) electrons. The highest BCUT2D eigenvalue weighted by atomic mass is 16.3. The monoisotopic (exact) mass is 262 g/mol. The summed E-state index contributed by atoms with van der Waals surface area (Å²) in [6, 6.07) is 8.24. The number of anilines is 1. The normalized spacial score (nSPS) is 18.7. The lowest BCUT2D eigenvalue weighted by atomic mass is 9.93. The van der Waals surface area contributed by atoms with E-state index in [9.17, 15) is 5.11 Å². The van der Waals surface area contributed by atoms with E-state index in [-0.39, 0.29) is 0 Å². The molecule has 106 valence electrons. The Morgan fingerprint density at radius 1 is 1.32 bits per heavy atom. The van der Waals surface area contributed by atoms with Crippen LogP contribution in [0.1, 0.15) is 50.7 Å². The van der Waals surface area contributed by atoms with Gasteiger partial charge in [0.05, 0.1) is 6.10 Å². The van der Waals surface area contributed by atoms with Gasteiger partial charge in [-0.2, -0.15) is 0 Å². The van der Waals surface area contributed by atoms with Crippen LogP contribution in [0, 0.1) is 0 Å². The fourth-order valence-electron chi connectivity index (χ4n) is 3.08. The molecule has 0 spiro atoms. The lowest BCUT2D eigenvalue weighted by Gasteiger charge is -2.34. The molecule has 19 heavy (non-hydrogen) atoms. The molecule has 1 atom stereocenters. The van der Waals surface area contributed by atoms with E-state index in [1.807, 2.05) is 24.3 Å². The fraction of sp³-hybridized carbons (Fsp3) is 0.625. The summed E-state index contributed by atoms with van der Waals surface area (Å²) in [5.41, 5.74) is 7.42. The van der Waals surface area contributed by atoms with E-state index >= 15 is 0 Å². The van der Waals surface area contributed by atoms with E-state index in [4.69, 9.17) is 5.73 Å². The topological polar surface area (TPSA) is 49.5 Å². The SMILES string of the molecule is CCN(CC(O)c1cccc(N)c1)C1CCCCC1. The van der Waals surface area contributed by atoms with E-state index in [0.29, 0.717) is 12.6 Å². The van der Waals surface area contributed by atoms with Crippen LogP contribution in [-0.2, 0) is 0 Å². The second-order valence-electron chi connectivity index (χ2n) is 5.57. The van der Waals surface area contributed by atoms with Gasteiger partial charge in [-0.3, -0.25) is 4.90 Å². The van der Waals surface area contributed by atoms with Gasteiger partial charge in [-0.25, -0.2) is 0 Å². The molecular formula is C16H26N2O. The average Bonchev–Trinajstić information content (AvgIpc) is 2.45. The van der Waals surface area contributed by atoms with Gasteiger partial charge in [0.15, 0.2) is 0 Å². The number of aliphatic hydroxyl groups is 1. The third-order valence-corrected chi connectivity index (χ3v) is 4.20. The lowest BCUT2D eigenvalue weighted by molar-refractivity contribution is 0.0767. The second kappa shape index (κ2) is 6.92. The van der Waals surface area contributed by atoms with Crippen molar-refractivity contribution in [1.82, 2.24) is 4.90 Å². The van der Waals surface area contributed by atoms with Gasteiger partial charge in [0.25, 0.3) is 0 Å². The van der Waals surface area contributed by atoms with Gasteiger partial charge in [-0.1, -0.05) is 38.3 Å². The van der Waals surface area contributed by atoms with E-state index < -0.39 is 6.10 Å².